The van der Waals surface area contributed by atoms with Crippen LogP contribution >= 0.6 is 0 Å². The van der Waals surface area contributed by atoms with Crippen LogP contribution < -0.4 is 10.1 Å². The third-order valence-electron chi connectivity index (χ3n) is 3.24. The summed E-state index contributed by atoms with van der Waals surface area (Å²) in [7, 11) is 0. The monoisotopic (exact) mass is 231 g/mol. The van der Waals surface area contributed by atoms with Gasteiger partial charge in [0, 0.05) is 11.5 Å². The van der Waals surface area contributed by atoms with E-state index in [0.717, 1.165) is 42.6 Å². The maximum Gasteiger partial charge on any atom is 0.121 e. The van der Waals surface area contributed by atoms with Crippen LogP contribution in [0.5, 0.6) is 5.75 Å². The van der Waals surface area contributed by atoms with Crippen molar-refractivity contribution >= 4 is 10.9 Å². The van der Waals surface area contributed by atoms with E-state index >= 15 is 0 Å². The van der Waals surface area contributed by atoms with Gasteiger partial charge in [0.2, 0.25) is 0 Å². The Hall–Kier alpha value is -1.55. The highest BCUT2D eigenvalue weighted by Crippen LogP contribution is 2.21. The number of aromatic nitrogens is 2. The minimum Gasteiger partial charge on any atom is -0.490 e. The van der Waals surface area contributed by atoms with Crippen molar-refractivity contribution in [2.24, 2.45) is 0 Å². The minimum absolute atomic E-state index is 0.338. The van der Waals surface area contributed by atoms with Gasteiger partial charge >= 0.3 is 0 Å². The fourth-order valence-corrected chi connectivity index (χ4v) is 2.29. The quantitative estimate of drug-likeness (QED) is 0.832. The summed E-state index contributed by atoms with van der Waals surface area (Å²) in [6, 6.07) is 6.10. The molecule has 4 heteroatoms. The Labute approximate surface area is 100 Å². The largest absolute Gasteiger partial charge is 0.490 e. The molecule has 1 aliphatic heterocycles. The van der Waals surface area contributed by atoms with E-state index in [4.69, 9.17) is 4.74 Å². The molecule has 4 nitrogen and oxygen atoms in total. The molecule has 1 aliphatic rings. The molecule has 1 unspecified atom stereocenters. The van der Waals surface area contributed by atoms with Gasteiger partial charge in [0.25, 0.3) is 0 Å². The highest BCUT2D eigenvalue weighted by Gasteiger charge is 2.13. The first-order chi connectivity index (χ1) is 8.42. The number of hydrogen-bond acceptors (Lipinski definition) is 3. The molecule has 2 N–H and O–H groups in total. The van der Waals surface area contributed by atoms with E-state index in [-0.39, 0.29) is 0 Å². The summed E-state index contributed by atoms with van der Waals surface area (Å²) in [5.41, 5.74) is 1.04. The van der Waals surface area contributed by atoms with Crippen LogP contribution in [0.4, 0.5) is 0 Å². The van der Waals surface area contributed by atoms with E-state index in [1.54, 1.807) is 0 Å². The summed E-state index contributed by atoms with van der Waals surface area (Å²) in [6.45, 7) is 2.16. The Morgan fingerprint density at radius 3 is 3.24 bits per heavy atom. The van der Waals surface area contributed by atoms with Crippen LogP contribution in [0.15, 0.2) is 24.4 Å². The number of nitrogens with zero attached hydrogens (tertiary/aromatic N) is 1. The third-order valence-corrected chi connectivity index (χ3v) is 3.24. The molecule has 0 aliphatic carbocycles. The van der Waals surface area contributed by atoms with Crippen LogP contribution in [-0.4, -0.2) is 29.4 Å². The maximum atomic E-state index is 6.02. The van der Waals surface area contributed by atoms with Gasteiger partial charge in [-0.05, 0) is 44.5 Å². The molecular weight excluding hydrogens is 214 g/mol. The van der Waals surface area contributed by atoms with Crippen molar-refractivity contribution in [3.8, 4) is 5.75 Å². The van der Waals surface area contributed by atoms with Crippen LogP contribution in [0.3, 0.4) is 0 Å². The molecule has 2 aromatic rings. The molecule has 0 radical (unpaired) electrons. The first-order valence-corrected chi connectivity index (χ1v) is 6.22. The van der Waals surface area contributed by atoms with E-state index < -0.39 is 0 Å². The van der Waals surface area contributed by atoms with E-state index in [9.17, 15) is 0 Å². The predicted octanol–water partition coefficient (Wildman–Crippen LogP) is 2.08. The lowest BCUT2D eigenvalue weighted by Gasteiger charge is -2.16. The second kappa shape index (κ2) is 4.75. The van der Waals surface area contributed by atoms with Crippen LogP contribution in [0.25, 0.3) is 10.9 Å². The lowest BCUT2D eigenvalue weighted by Crippen LogP contribution is -2.19. The predicted molar refractivity (Wildman–Crippen MR) is 67.2 cm³/mol. The Balaban J connectivity index is 1.74. The molecule has 2 heterocycles. The van der Waals surface area contributed by atoms with Crippen molar-refractivity contribution in [2.75, 3.05) is 13.1 Å². The topological polar surface area (TPSA) is 49.9 Å². The summed E-state index contributed by atoms with van der Waals surface area (Å²) >= 11 is 0. The number of hydrogen-bond donors (Lipinski definition) is 2. The normalized spacial score (nSPS) is 21.3. The number of rotatable bonds is 2. The molecule has 3 rings (SSSR count). The molecular formula is C13H17N3O. The van der Waals surface area contributed by atoms with Crippen molar-refractivity contribution in [1.82, 2.24) is 15.5 Å². The summed E-state index contributed by atoms with van der Waals surface area (Å²) in [5, 5.41) is 11.5. The number of H-pyrrole nitrogens is 1. The number of fused-ring (bicyclic) bond motifs is 1. The Bertz CT molecular complexity index is 486. The molecule has 1 aromatic heterocycles. The lowest BCUT2D eigenvalue weighted by molar-refractivity contribution is 0.188. The van der Waals surface area contributed by atoms with Crippen molar-refractivity contribution in [1.29, 1.82) is 0 Å². The standard InChI is InChI=1S/C13H17N3O/c1-2-11(5-7-14-6-1)17-12-4-3-10-9-15-16-13(10)8-12/h3-4,8-9,11,14H,1-2,5-7H2,(H,15,16). The summed E-state index contributed by atoms with van der Waals surface area (Å²) in [6.07, 6.45) is 5.58. The molecule has 17 heavy (non-hydrogen) atoms. The summed E-state index contributed by atoms with van der Waals surface area (Å²) in [4.78, 5) is 0. The zero-order chi connectivity index (χ0) is 11.5. The van der Waals surface area contributed by atoms with Gasteiger partial charge in [-0.25, -0.2) is 0 Å². The molecule has 1 aromatic carbocycles. The first kappa shape index (κ1) is 10.6. The van der Waals surface area contributed by atoms with Gasteiger partial charge in [-0.3, -0.25) is 5.10 Å². The summed E-state index contributed by atoms with van der Waals surface area (Å²) < 4.78 is 6.02. The highest BCUT2D eigenvalue weighted by molar-refractivity contribution is 5.79. The first-order valence-electron chi connectivity index (χ1n) is 6.22. The Morgan fingerprint density at radius 2 is 2.24 bits per heavy atom. The van der Waals surface area contributed by atoms with E-state index in [0.29, 0.717) is 6.10 Å². The maximum absolute atomic E-state index is 6.02. The van der Waals surface area contributed by atoms with Gasteiger partial charge in [0.15, 0.2) is 0 Å². The molecule has 1 atom stereocenters. The van der Waals surface area contributed by atoms with E-state index in [1.807, 2.05) is 24.4 Å². The minimum atomic E-state index is 0.338. The Kier molecular flexibility index (Phi) is 2.96. The number of aromatic amines is 1. The van der Waals surface area contributed by atoms with Gasteiger partial charge < -0.3 is 10.1 Å². The van der Waals surface area contributed by atoms with Gasteiger partial charge in [0.05, 0.1) is 17.8 Å². The Morgan fingerprint density at radius 1 is 1.24 bits per heavy atom. The SMILES string of the molecule is c1cc2cn[nH]c2cc1OC1CCCNCC1. The average Bonchev–Trinajstić information content (AvgIpc) is 2.65. The van der Waals surface area contributed by atoms with Crippen molar-refractivity contribution in [2.45, 2.75) is 25.4 Å². The number of benzene rings is 1. The second-order valence-electron chi connectivity index (χ2n) is 4.54. The molecule has 0 amide bonds. The van der Waals surface area contributed by atoms with Crippen molar-refractivity contribution in [3.05, 3.63) is 24.4 Å². The second-order valence-corrected chi connectivity index (χ2v) is 4.54. The fourth-order valence-electron chi connectivity index (χ4n) is 2.29. The molecule has 90 valence electrons. The zero-order valence-corrected chi connectivity index (χ0v) is 9.78. The van der Waals surface area contributed by atoms with Gasteiger partial charge in [-0.2, -0.15) is 5.10 Å². The average molecular weight is 231 g/mol. The highest BCUT2D eigenvalue weighted by atomic mass is 16.5. The molecule has 1 saturated heterocycles. The zero-order valence-electron chi connectivity index (χ0n) is 9.78. The number of nitrogens with one attached hydrogen (secondary N) is 2. The molecule has 0 spiro atoms. The van der Waals surface area contributed by atoms with Crippen LogP contribution in [0.1, 0.15) is 19.3 Å². The van der Waals surface area contributed by atoms with Crippen molar-refractivity contribution < 1.29 is 4.74 Å². The molecule has 0 saturated carbocycles. The molecule has 0 bridgehead atoms. The third kappa shape index (κ3) is 2.42. The number of ether oxygens (including phenoxy) is 1. The van der Waals surface area contributed by atoms with Gasteiger partial charge in [0.1, 0.15) is 5.75 Å². The molecule has 1 fully saturated rings. The fraction of sp³-hybridized carbons (Fsp3) is 0.462. The smallest absolute Gasteiger partial charge is 0.121 e. The van der Waals surface area contributed by atoms with E-state index in [2.05, 4.69) is 15.5 Å². The van der Waals surface area contributed by atoms with Crippen LogP contribution in [0, 0.1) is 0 Å². The van der Waals surface area contributed by atoms with Crippen LogP contribution in [-0.2, 0) is 0 Å². The van der Waals surface area contributed by atoms with E-state index in [1.165, 1.54) is 6.42 Å². The summed E-state index contributed by atoms with van der Waals surface area (Å²) in [5.74, 6) is 0.939. The van der Waals surface area contributed by atoms with Crippen LogP contribution in [0.2, 0.25) is 0 Å². The lowest BCUT2D eigenvalue weighted by atomic mass is 10.1. The van der Waals surface area contributed by atoms with Gasteiger partial charge in [-0.15, -0.1) is 0 Å². The van der Waals surface area contributed by atoms with Crippen molar-refractivity contribution in [3.63, 3.8) is 0 Å². The van der Waals surface area contributed by atoms with Gasteiger partial charge in [-0.1, -0.05) is 0 Å².